The molecule has 0 spiro atoms. The van der Waals surface area contributed by atoms with Gasteiger partial charge < -0.3 is 9.47 Å². The highest BCUT2D eigenvalue weighted by Gasteiger charge is 2.47. The number of rotatable bonds is 8. The summed E-state index contributed by atoms with van der Waals surface area (Å²) in [5.41, 5.74) is -3.99. The van der Waals surface area contributed by atoms with Crippen molar-refractivity contribution in [2.45, 2.75) is 80.9 Å². The number of sulfonamides is 1. The molecular formula is C36H38F5N5O3S. The topological polar surface area (TPSA) is 87.5 Å². The number of nitrogens with zero attached hydrogens (tertiary/aromatic N) is 4. The molecular weight excluding hydrogens is 677 g/mol. The zero-order valence-electron chi connectivity index (χ0n) is 27.5. The number of carbonyl (C=O) groups excluding carboxylic acids is 1. The maximum absolute atomic E-state index is 15.0. The predicted molar refractivity (Wildman–Crippen MR) is 179 cm³/mol. The summed E-state index contributed by atoms with van der Waals surface area (Å²) < 4.78 is 94.5. The van der Waals surface area contributed by atoms with Gasteiger partial charge in [0.2, 0.25) is 0 Å². The van der Waals surface area contributed by atoms with Gasteiger partial charge in [0, 0.05) is 31.2 Å². The van der Waals surface area contributed by atoms with E-state index in [1.807, 2.05) is 18.2 Å². The number of halogens is 5. The standard InChI is InChI=1S/C36H38F5N5O3S/c1-23-42-32-7-2-3-8-33(32)46(23)29-21-27-10-11-28(22-29)45(27)18-15-35(24-5-4-6-25(37)19-24)13-16-44(17-14-35)34(47)30-12-9-26(20-31(30)38)43-50(48,49)36(39,40)41/h2-9,12,19-20,27-29,43H,10-11,13-18,21-22H2,1H3. The number of hydrogen-bond donors (Lipinski definition) is 1. The van der Waals surface area contributed by atoms with Gasteiger partial charge in [0.1, 0.15) is 17.5 Å². The number of amides is 1. The van der Waals surface area contributed by atoms with Crippen molar-refractivity contribution in [3.8, 4) is 0 Å². The summed E-state index contributed by atoms with van der Waals surface area (Å²) in [4.78, 5) is 22.3. The molecule has 2 bridgehead atoms. The third kappa shape index (κ3) is 6.36. The number of carbonyl (C=O) groups is 1. The van der Waals surface area contributed by atoms with Crippen LogP contribution in [-0.4, -0.2) is 70.9 Å². The Kier molecular flexibility index (Phi) is 8.90. The number of aromatic nitrogens is 2. The molecule has 8 nitrogen and oxygen atoms in total. The molecule has 266 valence electrons. The van der Waals surface area contributed by atoms with E-state index in [2.05, 4.69) is 28.5 Å². The minimum atomic E-state index is -5.75. The highest BCUT2D eigenvalue weighted by atomic mass is 32.2. The van der Waals surface area contributed by atoms with Crippen LogP contribution in [0.4, 0.5) is 27.6 Å². The fourth-order valence-corrected chi connectivity index (χ4v) is 9.12. The number of fused-ring (bicyclic) bond motifs is 3. The van der Waals surface area contributed by atoms with Gasteiger partial charge in [-0.1, -0.05) is 24.3 Å². The van der Waals surface area contributed by atoms with Crippen molar-refractivity contribution < 1.29 is 35.2 Å². The van der Waals surface area contributed by atoms with Crippen LogP contribution in [0.3, 0.4) is 0 Å². The second-order valence-corrected chi connectivity index (χ2v) is 15.5. The van der Waals surface area contributed by atoms with Crippen molar-refractivity contribution in [2.75, 3.05) is 24.4 Å². The molecule has 4 heterocycles. The summed E-state index contributed by atoms with van der Waals surface area (Å²) >= 11 is 0. The van der Waals surface area contributed by atoms with Gasteiger partial charge in [-0.15, -0.1) is 0 Å². The van der Waals surface area contributed by atoms with E-state index < -0.39 is 38.4 Å². The molecule has 3 aliphatic rings. The Morgan fingerprint density at radius 3 is 2.30 bits per heavy atom. The summed E-state index contributed by atoms with van der Waals surface area (Å²) in [7, 11) is -5.75. The Hall–Kier alpha value is -4.04. The van der Waals surface area contributed by atoms with Crippen LogP contribution in [0.2, 0.25) is 0 Å². The van der Waals surface area contributed by atoms with Gasteiger partial charge in [0.05, 0.1) is 22.3 Å². The van der Waals surface area contributed by atoms with Crippen LogP contribution in [0.25, 0.3) is 11.0 Å². The Morgan fingerprint density at radius 1 is 0.940 bits per heavy atom. The van der Waals surface area contributed by atoms with Crippen LogP contribution < -0.4 is 4.72 Å². The highest BCUT2D eigenvalue weighted by Crippen LogP contribution is 2.45. The molecule has 0 aliphatic carbocycles. The first kappa shape index (κ1) is 34.4. The predicted octanol–water partition coefficient (Wildman–Crippen LogP) is 7.32. The molecule has 4 aromatic rings. The van der Waals surface area contributed by atoms with Gasteiger partial charge in [-0.05, 0) is 112 Å². The van der Waals surface area contributed by atoms with Crippen LogP contribution in [0.1, 0.15) is 72.7 Å². The number of anilines is 1. The second-order valence-electron chi connectivity index (χ2n) is 13.8. The van der Waals surface area contributed by atoms with E-state index in [4.69, 9.17) is 4.98 Å². The SMILES string of the molecule is Cc1nc2ccccc2n1C1CC2CCC(C1)N2CCC1(c2cccc(F)c2)CCN(C(=O)c2ccc(NS(=O)(=O)C(F)(F)F)cc2F)CC1. The van der Waals surface area contributed by atoms with Crippen LogP contribution >= 0.6 is 0 Å². The normalized spacial score (nSPS) is 22.6. The lowest BCUT2D eigenvalue weighted by Crippen LogP contribution is -2.49. The lowest BCUT2D eigenvalue weighted by molar-refractivity contribution is -0.0429. The summed E-state index contributed by atoms with van der Waals surface area (Å²) in [6, 6.07) is 18.5. The van der Waals surface area contributed by atoms with Gasteiger partial charge in [0.25, 0.3) is 5.91 Å². The van der Waals surface area contributed by atoms with Crippen LogP contribution in [0.5, 0.6) is 0 Å². The molecule has 1 aromatic heterocycles. The molecule has 7 rings (SSSR count). The fraction of sp³-hybridized carbons (Fsp3) is 0.444. The fourth-order valence-electron chi connectivity index (χ4n) is 8.56. The highest BCUT2D eigenvalue weighted by molar-refractivity contribution is 7.93. The summed E-state index contributed by atoms with van der Waals surface area (Å²) in [6.45, 7) is 3.42. The van der Waals surface area contributed by atoms with Crippen molar-refractivity contribution in [3.05, 3.63) is 95.3 Å². The Bertz CT molecular complexity index is 2010. The van der Waals surface area contributed by atoms with E-state index >= 15 is 0 Å². The van der Waals surface area contributed by atoms with Gasteiger partial charge in [0.15, 0.2) is 0 Å². The number of likely N-dealkylation sites (tertiary alicyclic amines) is 1. The van der Waals surface area contributed by atoms with Gasteiger partial charge in [-0.2, -0.15) is 21.6 Å². The molecule has 0 radical (unpaired) electrons. The van der Waals surface area contributed by atoms with Crippen molar-refractivity contribution in [3.63, 3.8) is 0 Å². The molecule has 3 saturated heterocycles. The number of imidazole rings is 1. The van der Waals surface area contributed by atoms with Crippen molar-refractivity contribution in [2.24, 2.45) is 0 Å². The molecule has 1 N–H and O–H groups in total. The molecule has 2 atom stereocenters. The molecule has 14 heteroatoms. The first-order valence-corrected chi connectivity index (χ1v) is 18.4. The number of nitrogens with one attached hydrogen (secondary N) is 1. The average molecular weight is 716 g/mol. The number of aryl methyl sites for hydroxylation is 1. The zero-order chi connectivity index (χ0) is 35.4. The number of para-hydroxylation sites is 2. The van der Waals surface area contributed by atoms with Gasteiger partial charge in [-0.25, -0.2) is 13.8 Å². The van der Waals surface area contributed by atoms with E-state index in [1.54, 1.807) is 12.1 Å². The smallest absolute Gasteiger partial charge is 0.338 e. The molecule has 2 unspecified atom stereocenters. The second kappa shape index (κ2) is 12.9. The number of piperidine rings is 2. The van der Waals surface area contributed by atoms with E-state index in [9.17, 15) is 35.2 Å². The molecule has 3 fully saturated rings. The quantitative estimate of drug-likeness (QED) is 0.193. The molecule has 50 heavy (non-hydrogen) atoms. The summed E-state index contributed by atoms with van der Waals surface area (Å²) in [5, 5.41) is 0. The Morgan fingerprint density at radius 2 is 1.64 bits per heavy atom. The van der Waals surface area contributed by atoms with Crippen molar-refractivity contribution in [1.29, 1.82) is 0 Å². The van der Waals surface area contributed by atoms with E-state index in [-0.39, 0.29) is 24.5 Å². The monoisotopic (exact) mass is 715 g/mol. The zero-order valence-corrected chi connectivity index (χ0v) is 28.3. The van der Waals surface area contributed by atoms with Crippen molar-refractivity contribution in [1.82, 2.24) is 19.4 Å². The summed E-state index contributed by atoms with van der Waals surface area (Å²) in [5.74, 6) is -1.11. The van der Waals surface area contributed by atoms with Crippen LogP contribution in [-0.2, 0) is 15.4 Å². The van der Waals surface area contributed by atoms with Crippen LogP contribution in [0.15, 0.2) is 66.7 Å². The Labute approximate surface area is 287 Å². The number of hydrogen-bond acceptors (Lipinski definition) is 5. The molecule has 0 saturated carbocycles. The van der Waals surface area contributed by atoms with E-state index in [1.165, 1.54) is 15.7 Å². The third-order valence-electron chi connectivity index (χ3n) is 11.0. The lowest BCUT2D eigenvalue weighted by Gasteiger charge is -2.45. The minimum Gasteiger partial charge on any atom is -0.338 e. The van der Waals surface area contributed by atoms with E-state index in [0.717, 1.165) is 73.2 Å². The summed E-state index contributed by atoms with van der Waals surface area (Å²) in [6.07, 6.45) is 6.06. The largest absolute Gasteiger partial charge is 0.516 e. The lowest BCUT2D eigenvalue weighted by atomic mass is 9.70. The van der Waals surface area contributed by atoms with Gasteiger partial charge >= 0.3 is 15.5 Å². The van der Waals surface area contributed by atoms with Crippen LogP contribution in [0, 0.1) is 18.6 Å². The minimum absolute atomic E-state index is 0.263. The first-order valence-electron chi connectivity index (χ1n) is 16.9. The number of benzene rings is 3. The Balaban J connectivity index is 1.05. The van der Waals surface area contributed by atoms with E-state index in [0.29, 0.717) is 37.0 Å². The molecule has 3 aliphatic heterocycles. The first-order chi connectivity index (χ1) is 23.7. The number of alkyl halides is 3. The maximum Gasteiger partial charge on any atom is 0.516 e. The molecule has 1 amide bonds. The maximum atomic E-state index is 15.0. The third-order valence-corrected chi connectivity index (χ3v) is 12.2. The van der Waals surface area contributed by atoms with Crippen molar-refractivity contribution >= 4 is 32.7 Å². The van der Waals surface area contributed by atoms with Gasteiger partial charge in [-0.3, -0.25) is 14.4 Å². The molecule has 3 aromatic carbocycles. The average Bonchev–Trinajstić information content (AvgIpc) is 3.53.